The Hall–Kier alpha value is -3.12. The number of benzene rings is 3. The van der Waals surface area contributed by atoms with Gasteiger partial charge >= 0.3 is 0 Å². The average molecular weight is 435 g/mol. The van der Waals surface area contributed by atoms with Crippen LogP contribution in [0.15, 0.2) is 65.6 Å². The number of rotatable bonds is 4. The largest absolute Gasteiger partial charge is 0.305 e. The lowest BCUT2D eigenvalue weighted by Gasteiger charge is -2.23. The zero-order valence-corrected chi connectivity index (χ0v) is 19.0. The lowest BCUT2D eigenvalue weighted by Crippen LogP contribution is -2.35. The Balaban J connectivity index is 1.69. The summed E-state index contributed by atoms with van der Waals surface area (Å²) in [6, 6.07) is 18.3. The van der Waals surface area contributed by atoms with Gasteiger partial charge in [0.05, 0.1) is 10.6 Å². The molecule has 3 aromatic carbocycles. The molecule has 1 atom stereocenters. The van der Waals surface area contributed by atoms with E-state index in [1.54, 1.807) is 30.0 Å². The predicted octanol–water partition coefficient (Wildman–Crippen LogP) is 5.00. The third-order valence-corrected chi connectivity index (χ3v) is 7.28. The summed E-state index contributed by atoms with van der Waals surface area (Å²) in [5, 5.41) is 0. The predicted molar refractivity (Wildman–Crippen MR) is 124 cm³/mol. The smallest absolute Gasteiger partial charge is 0.262 e. The van der Waals surface area contributed by atoms with Crippen molar-refractivity contribution in [3.05, 3.63) is 88.5 Å². The Morgan fingerprint density at radius 3 is 2.45 bits per heavy atom. The summed E-state index contributed by atoms with van der Waals surface area (Å²) in [6.07, 6.45) is 0.785. The highest BCUT2D eigenvalue weighted by Gasteiger charge is 2.32. The summed E-state index contributed by atoms with van der Waals surface area (Å²) < 4.78 is 29.0. The maximum Gasteiger partial charge on any atom is 0.262 e. The van der Waals surface area contributed by atoms with E-state index in [4.69, 9.17) is 0 Å². The van der Waals surface area contributed by atoms with Gasteiger partial charge in [-0.25, -0.2) is 8.42 Å². The standard InChI is InChI=1S/C25H26N2O3S/c1-16-9-12-22(18(3)13-16)26-31(29,30)24-15-21(11-10-17(24)2)25(28)27-19(4)14-20-7-5-6-8-23(20)27/h5-13,15,19,26H,14H2,1-4H3/t19-/m0/s1. The fraction of sp³-hybridized carbons (Fsp3) is 0.240. The van der Waals surface area contributed by atoms with E-state index < -0.39 is 10.0 Å². The van der Waals surface area contributed by atoms with E-state index in [-0.39, 0.29) is 16.8 Å². The zero-order valence-electron chi connectivity index (χ0n) is 18.1. The average Bonchev–Trinajstić information content (AvgIpc) is 3.05. The van der Waals surface area contributed by atoms with E-state index in [2.05, 4.69) is 4.72 Å². The molecule has 0 aliphatic carbocycles. The first kappa shape index (κ1) is 21.1. The van der Waals surface area contributed by atoms with E-state index in [1.807, 2.05) is 57.2 Å². The van der Waals surface area contributed by atoms with Crippen LogP contribution in [0.1, 0.15) is 39.5 Å². The van der Waals surface area contributed by atoms with E-state index in [1.165, 1.54) is 6.07 Å². The van der Waals surface area contributed by atoms with E-state index in [9.17, 15) is 13.2 Å². The number of fused-ring (bicyclic) bond motifs is 1. The van der Waals surface area contributed by atoms with Gasteiger partial charge in [0, 0.05) is 17.3 Å². The highest BCUT2D eigenvalue weighted by molar-refractivity contribution is 7.92. The Bertz CT molecular complexity index is 1280. The van der Waals surface area contributed by atoms with Crippen LogP contribution in [0.2, 0.25) is 0 Å². The normalized spacial score (nSPS) is 15.6. The second-order valence-corrected chi connectivity index (χ2v) is 9.91. The second kappa shape index (κ2) is 7.85. The Morgan fingerprint density at radius 1 is 0.968 bits per heavy atom. The molecule has 0 spiro atoms. The summed E-state index contributed by atoms with van der Waals surface area (Å²) in [5.74, 6) is -0.194. The molecule has 1 aliphatic rings. The fourth-order valence-electron chi connectivity index (χ4n) is 4.16. The van der Waals surface area contributed by atoms with Gasteiger partial charge in [0.15, 0.2) is 0 Å². The summed E-state index contributed by atoms with van der Waals surface area (Å²) in [4.78, 5) is 15.2. The van der Waals surface area contributed by atoms with Crippen LogP contribution in [0.25, 0.3) is 0 Å². The van der Waals surface area contributed by atoms with Crippen LogP contribution in [-0.2, 0) is 16.4 Å². The van der Waals surface area contributed by atoms with Gasteiger partial charge in [-0.05, 0) is 75.1 Å². The van der Waals surface area contributed by atoms with Crippen molar-refractivity contribution >= 4 is 27.3 Å². The Kier molecular flexibility index (Phi) is 5.35. The number of anilines is 2. The molecule has 0 saturated carbocycles. The van der Waals surface area contributed by atoms with Crippen LogP contribution < -0.4 is 9.62 Å². The molecule has 0 bridgehead atoms. The minimum Gasteiger partial charge on any atom is -0.305 e. The molecule has 1 amide bonds. The summed E-state index contributed by atoms with van der Waals surface area (Å²) >= 11 is 0. The van der Waals surface area contributed by atoms with Crippen molar-refractivity contribution in [1.82, 2.24) is 0 Å². The molecule has 1 heterocycles. The van der Waals surface area contributed by atoms with Gasteiger partial charge in [-0.15, -0.1) is 0 Å². The number of hydrogen-bond acceptors (Lipinski definition) is 3. The maximum atomic E-state index is 13.4. The molecule has 0 saturated heterocycles. The number of para-hydroxylation sites is 1. The van der Waals surface area contributed by atoms with E-state index >= 15 is 0 Å². The highest BCUT2D eigenvalue weighted by atomic mass is 32.2. The third-order valence-electron chi connectivity index (χ3n) is 5.78. The molecule has 0 fully saturated rings. The maximum absolute atomic E-state index is 13.4. The van der Waals surface area contributed by atoms with Gasteiger partial charge in [0.1, 0.15) is 0 Å². The zero-order chi connectivity index (χ0) is 22.3. The van der Waals surface area contributed by atoms with Crippen molar-refractivity contribution in [3.8, 4) is 0 Å². The summed E-state index contributed by atoms with van der Waals surface area (Å²) in [7, 11) is -3.85. The van der Waals surface area contributed by atoms with Gasteiger partial charge in [-0.2, -0.15) is 0 Å². The molecule has 31 heavy (non-hydrogen) atoms. The Morgan fingerprint density at radius 2 is 1.71 bits per heavy atom. The van der Waals surface area contributed by atoms with Crippen LogP contribution in [0.5, 0.6) is 0 Å². The molecule has 1 N–H and O–H groups in total. The molecule has 160 valence electrons. The summed E-state index contributed by atoms with van der Waals surface area (Å²) in [5.41, 5.74) is 5.39. The van der Waals surface area contributed by atoms with Gasteiger partial charge < -0.3 is 4.90 Å². The third kappa shape index (κ3) is 3.95. The first-order chi connectivity index (χ1) is 14.7. The summed E-state index contributed by atoms with van der Waals surface area (Å²) in [6.45, 7) is 7.57. The minimum atomic E-state index is -3.85. The molecule has 3 aromatic rings. The number of carbonyl (C=O) groups is 1. The first-order valence-corrected chi connectivity index (χ1v) is 11.8. The van der Waals surface area contributed by atoms with Gasteiger partial charge in [-0.1, -0.05) is 42.0 Å². The van der Waals surface area contributed by atoms with Crippen LogP contribution in [0.4, 0.5) is 11.4 Å². The van der Waals surface area contributed by atoms with Crippen LogP contribution in [-0.4, -0.2) is 20.4 Å². The monoisotopic (exact) mass is 434 g/mol. The molecule has 5 nitrogen and oxygen atoms in total. The number of aryl methyl sites for hydroxylation is 3. The highest BCUT2D eigenvalue weighted by Crippen LogP contribution is 2.33. The number of amides is 1. The molecule has 1 aliphatic heterocycles. The number of sulfonamides is 1. The van der Waals surface area contributed by atoms with Crippen LogP contribution >= 0.6 is 0 Å². The number of nitrogens with one attached hydrogen (secondary N) is 1. The van der Waals surface area contributed by atoms with Crippen molar-refractivity contribution in [3.63, 3.8) is 0 Å². The fourth-order valence-corrected chi connectivity index (χ4v) is 5.57. The quantitative estimate of drug-likeness (QED) is 0.628. The molecule has 6 heteroatoms. The van der Waals surface area contributed by atoms with Crippen molar-refractivity contribution < 1.29 is 13.2 Å². The van der Waals surface area contributed by atoms with Crippen LogP contribution in [0, 0.1) is 20.8 Å². The molecule has 0 unspecified atom stereocenters. The molecule has 0 radical (unpaired) electrons. The van der Waals surface area contributed by atoms with Crippen molar-refractivity contribution in [1.29, 1.82) is 0 Å². The minimum absolute atomic E-state index is 0.0135. The van der Waals surface area contributed by atoms with Crippen LogP contribution in [0.3, 0.4) is 0 Å². The van der Waals surface area contributed by atoms with E-state index in [0.29, 0.717) is 16.8 Å². The van der Waals surface area contributed by atoms with Gasteiger partial charge in [0.2, 0.25) is 0 Å². The second-order valence-electron chi connectivity index (χ2n) is 8.26. The number of carbonyl (C=O) groups excluding carboxylic acids is 1. The van der Waals surface area contributed by atoms with Crippen molar-refractivity contribution in [2.24, 2.45) is 0 Å². The first-order valence-electron chi connectivity index (χ1n) is 10.3. The molecular weight excluding hydrogens is 408 g/mol. The lowest BCUT2D eigenvalue weighted by atomic mass is 10.1. The molecule has 0 aromatic heterocycles. The SMILES string of the molecule is Cc1ccc(NS(=O)(=O)c2cc(C(=O)N3c4ccccc4C[C@@H]3C)ccc2C)c(C)c1. The van der Waals surface area contributed by atoms with Crippen molar-refractivity contribution in [2.75, 3.05) is 9.62 Å². The van der Waals surface area contributed by atoms with Crippen molar-refractivity contribution in [2.45, 2.75) is 45.1 Å². The molecule has 4 rings (SSSR count). The Labute approximate surface area is 183 Å². The van der Waals surface area contributed by atoms with Gasteiger partial charge in [0.25, 0.3) is 15.9 Å². The lowest BCUT2D eigenvalue weighted by molar-refractivity contribution is 0.0981. The topological polar surface area (TPSA) is 66.5 Å². The van der Waals surface area contributed by atoms with E-state index in [0.717, 1.165) is 28.8 Å². The number of hydrogen-bond donors (Lipinski definition) is 1. The molecular formula is C25H26N2O3S. The number of nitrogens with zero attached hydrogens (tertiary/aromatic N) is 1. The van der Waals surface area contributed by atoms with Gasteiger partial charge in [-0.3, -0.25) is 9.52 Å².